The van der Waals surface area contributed by atoms with Crippen LogP contribution in [0.1, 0.15) is 51.8 Å². The van der Waals surface area contributed by atoms with Gasteiger partial charge in [0, 0.05) is 30.8 Å². The number of hydrogen-bond acceptors (Lipinski definition) is 5. The Hall–Kier alpha value is -2.10. The van der Waals surface area contributed by atoms with Gasteiger partial charge in [0.05, 0.1) is 30.3 Å². The zero-order valence-electron chi connectivity index (χ0n) is 20.3. The van der Waals surface area contributed by atoms with E-state index in [4.69, 9.17) is 16.3 Å². The summed E-state index contributed by atoms with van der Waals surface area (Å²) in [6.45, 7) is 9.71. The SMILES string of the molecule is CC(C)Cn1c(CN(CC2CCCO2)C(=O)NC(C)C)cnc1S(=O)(=O)Cc1cccc(Cl)c1. The number of aromatic nitrogens is 2. The average molecular weight is 511 g/mol. The van der Waals surface area contributed by atoms with Crippen LogP contribution in [-0.4, -0.2) is 54.2 Å². The summed E-state index contributed by atoms with van der Waals surface area (Å²) < 4.78 is 34.2. The molecular formula is C24H35ClN4O4S. The first kappa shape index (κ1) is 26.5. The molecule has 1 saturated heterocycles. The number of amides is 2. The zero-order chi connectivity index (χ0) is 24.9. The monoisotopic (exact) mass is 510 g/mol. The van der Waals surface area contributed by atoms with Crippen LogP contribution in [0, 0.1) is 5.92 Å². The molecule has 1 aromatic carbocycles. The Morgan fingerprint density at radius 2 is 2.09 bits per heavy atom. The van der Waals surface area contributed by atoms with Crippen molar-refractivity contribution in [3.8, 4) is 0 Å². The van der Waals surface area contributed by atoms with Gasteiger partial charge in [0.15, 0.2) is 0 Å². The van der Waals surface area contributed by atoms with Crippen LogP contribution in [0.5, 0.6) is 0 Å². The van der Waals surface area contributed by atoms with Gasteiger partial charge >= 0.3 is 6.03 Å². The zero-order valence-corrected chi connectivity index (χ0v) is 21.9. The Kier molecular flexibility index (Phi) is 9.01. The second-order valence-electron chi connectivity index (χ2n) is 9.55. The highest BCUT2D eigenvalue weighted by Crippen LogP contribution is 2.22. The summed E-state index contributed by atoms with van der Waals surface area (Å²) in [5, 5.41) is 3.44. The van der Waals surface area contributed by atoms with Gasteiger partial charge in [-0.1, -0.05) is 37.6 Å². The van der Waals surface area contributed by atoms with Crippen LogP contribution in [0.3, 0.4) is 0 Å². The van der Waals surface area contributed by atoms with E-state index in [9.17, 15) is 13.2 Å². The van der Waals surface area contributed by atoms with Gasteiger partial charge in [0.1, 0.15) is 0 Å². The molecule has 10 heteroatoms. The summed E-state index contributed by atoms with van der Waals surface area (Å²) in [6.07, 6.45) is 3.42. The smallest absolute Gasteiger partial charge is 0.318 e. The highest BCUT2D eigenvalue weighted by molar-refractivity contribution is 7.90. The van der Waals surface area contributed by atoms with Crippen molar-refractivity contribution in [1.82, 2.24) is 19.8 Å². The van der Waals surface area contributed by atoms with Crippen LogP contribution in [0.25, 0.3) is 0 Å². The van der Waals surface area contributed by atoms with E-state index in [1.165, 1.54) is 0 Å². The lowest BCUT2D eigenvalue weighted by Crippen LogP contribution is -2.45. The highest BCUT2D eigenvalue weighted by atomic mass is 35.5. The van der Waals surface area contributed by atoms with Crippen molar-refractivity contribution in [1.29, 1.82) is 0 Å². The molecule has 0 saturated carbocycles. The fourth-order valence-electron chi connectivity index (χ4n) is 4.02. The molecule has 2 aromatic rings. The van der Waals surface area contributed by atoms with Crippen molar-refractivity contribution in [2.24, 2.45) is 5.92 Å². The lowest BCUT2D eigenvalue weighted by molar-refractivity contribution is 0.0784. The third kappa shape index (κ3) is 7.20. The number of nitrogens with one attached hydrogen (secondary N) is 1. The maximum Gasteiger partial charge on any atom is 0.318 e. The van der Waals surface area contributed by atoms with E-state index >= 15 is 0 Å². The molecule has 0 aliphatic carbocycles. The maximum atomic E-state index is 13.3. The molecule has 0 spiro atoms. The Morgan fingerprint density at radius 3 is 2.71 bits per heavy atom. The number of rotatable bonds is 10. The van der Waals surface area contributed by atoms with Gasteiger partial charge in [-0.05, 0) is 50.3 Å². The largest absolute Gasteiger partial charge is 0.376 e. The molecule has 1 atom stereocenters. The number of urea groups is 1. The Morgan fingerprint density at radius 1 is 1.32 bits per heavy atom. The van der Waals surface area contributed by atoms with Crippen molar-refractivity contribution < 1.29 is 17.9 Å². The van der Waals surface area contributed by atoms with Crippen LogP contribution in [0.4, 0.5) is 4.79 Å². The van der Waals surface area contributed by atoms with E-state index < -0.39 is 9.84 Å². The van der Waals surface area contributed by atoms with Gasteiger partial charge in [0.2, 0.25) is 15.0 Å². The normalized spacial score (nSPS) is 16.4. The Balaban J connectivity index is 1.90. The quantitative estimate of drug-likeness (QED) is 0.515. The van der Waals surface area contributed by atoms with Gasteiger partial charge in [-0.25, -0.2) is 18.2 Å². The highest BCUT2D eigenvalue weighted by Gasteiger charge is 2.28. The van der Waals surface area contributed by atoms with Crippen molar-refractivity contribution in [3.63, 3.8) is 0 Å². The van der Waals surface area contributed by atoms with Gasteiger partial charge in [-0.15, -0.1) is 0 Å². The van der Waals surface area contributed by atoms with Crippen molar-refractivity contribution in [3.05, 3.63) is 46.7 Å². The summed E-state index contributed by atoms with van der Waals surface area (Å²) >= 11 is 6.05. The van der Waals surface area contributed by atoms with E-state index in [0.29, 0.717) is 36.0 Å². The Bertz CT molecular complexity index is 1080. The van der Waals surface area contributed by atoms with Gasteiger partial charge in [-0.2, -0.15) is 0 Å². The molecule has 34 heavy (non-hydrogen) atoms. The van der Waals surface area contributed by atoms with Crippen LogP contribution in [0.15, 0.2) is 35.6 Å². The molecule has 0 radical (unpaired) electrons. The first-order valence-electron chi connectivity index (χ1n) is 11.7. The summed E-state index contributed by atoms with van der Waals surface area (Å²) in [6, 6.07) is 6.60. The number of ether oxygens (including phenoxy) is 1. The summed E-state index contributed by atoms with van der Waals surface area (Å²) in [4.78, 5) is 19.0. The number of carbonyl (C=O) groups excluding carboxylic acids is 1. The molecule has 188 valence electrons. The van der Waals surface area contributed by atoms with Crippen molar-refractivity contribution >= 4 is 27.5 Å². The van der Waals surface area contributed by atoms with E-state index in [1.54, 1.807) is 39.9 Å². The van der Waals surface area contributed by atoms with Gasteiger partial charge < -0.3 is 19.5 Å². The molecule has 1 aliphatic rings. The van der Waals surface area contributed by atoms with E-state index in [1.807, 2.05) is 27.7 Å². The van der Waals surface area contributed by atoms with E-state index in [0.717, 1.165) is 12.8 Å². The lowest BCUT2D eigenvalue weighted by atomic mass is 10.2. The molecule has 2 heterocycles. The van der Waals surface area contributed by atoms with Gasteiger partial charge in [0.25, 0.3) is 0 Å². The van der Waals surface area contributed by atoms with Crippen molar-refractivity contribution in [2.45, 2.75) is 76.7 Å². The molecule has 0 bridgehead atoms. The predicted molar refractivity (Wildman–Crippen MR) is 132 cm³/mol. The number of hydrogen-bond donors (Lipinski definition) is 1. The fourth-order valence-corrected chi connectivity index (χ4v) is 5.73. The number of nitrogens with zero attached hydrogens (tertiary/aromatic N) is 3. The van der Waals surface area contributed by atoms with E-state index in [-0.39, 0.29) is 41.5 Å². The first-order chi connectivity index (χ1) is 16.0. The number of sulfone groups is 1. The summed E-state index contributed by atoms with van der Waals surface area (Å²) in [5.74, 6) is -0.0144. The minimum atomic E-state index is -3.73. The molecule has 1 aromatic heterocycles. The Labute approximate surface area is 207 Å². The van der Waals surface area contributed by atoms with Crippen molar-refractivity contribution in [2.75, 3.05) is 13.2 Å². The minimum absolute atomic E-state index is 0.0116. The van der Waals surface area contributed by atoms with Crippen LogP contribution >= 0.6 is 11.6 Å². The van der Waals surface area contributed by atoms with E-state index in [2.05, 4.69) is 10.3 Å². The lowest BCUT2D eigenvalue weighted by Gasteiger charge is -2.27. The molecule has 3 rings (SSSR count). The minimum Gasteiger partial charge on any atom is -0.376 e. The molecule has 1 fully saturated rings. The standard InChI is InChI=1S/C24H35ClN4O4S/c1-17(2)13-29-21(14-28(23(30)27-18(3)4)15-22-9-6-10-33-22)12-26-24(29)34(31,32)16-19-7-5-8-20(25)11-19/h5,7-8,11-12,17-18,22H,6,9-10,13-16H2,1-4H3,(H,27,30). The molecule has 1 aliphatic heterocycles. The molecule has 8 nitrogen and oxygen atoms in total. The number of carbonyl (C=O) groups is 1. The third-order valence-corrected chi connectivity index (χ3v) is 7.30. The predicted octanol–water partition coefficient (Wildman–Crippen LogP) is 4.27. The second-order valence-corrected chi connectivity index (χ2v) is 11.9. The molecular weight excluding hydrogens is 476 g/mol. The second kappa shape index (κ2) is 11.6. The third-order valence-electron chi connectivity index (χ3n) is 5.47. The number of halogens is 1. The van der Waals surface area contributed by atoms with Crippen LogP contribution < -0.4 is 5.32 Å². The van der Waals surface area contributed by atoms with Crippen LogP contribution in [-0.2, 0) is 33.4 Å². The molecule has 1 unspecified atom stereocenters. The number of imidazole rings is 1. The summed E-state index contributed by atoms with van der Waals surface area (Å²) in [5.41, 5.74) is 1.28. The molecule has 2 amide bonds. The topological polar surface area (TPSA) is 93.5 Å². The average Bonchev–Trinajstić information content (AvgIpc) is 3.37. The van der Waals surface area contributed by atoms with Gasteiger partial charge in [-0.3, -0.25) is 0 Å². The van der Waals surface area contributed by atoms with Crippen LogP contribution in [0.2, 0.25) is 5.02 Å². The fraction of sp³-hybridized carbons (Fsp3) is 0.583. The molecule has 1 N–H and O–H groups in total. The first-order valence-corrected chi connectivity index (χ1v) is 13.8. The maximum absolute atomic E-state index is 13.3. The number of benzene rings is 1. The summed E-state index contributed by atoms with van der Waals surface area (Å²) in [7, 11) is -3.73.